The molecule has 0 unspecified atom stereocenters. The Balaban J connectivity index is 2.24. The molecule has 0 bridgehead atoms. The SMILES string of the molecule is Ic1cncnc1Nc1ccsc1. The predicted octanol–water partition coefficient (Wildman–Crippen LogP) is 2.89. The Bertz CT molecular complexity index is 388. The van der Waals surface area contributed by atoms with E-state index >= 15 is 0 Å². The second-order valence-corrected chi connectivity index (χ2v) is 4.30. The minimum absolute atomic E-state index is 0.856. The molecule has 3 nitrogen and oxygen atoms in total. The fourth-order valence-corrected chi connectivity index (χ4v) is 1.90. The number of hydrogen-bond donors (Lipinski definition) is 1. The average molecular weight is 303 g/mol. The number of aromatic nitrogens is 2. The van der Waals surface area contributed by atoms with E-state index in [1.165, 1.54) is 6.33 Å². The number of rotatable bonds is 2. The zero-order valence-corrected chi connectivity index (χ0v) is 9.54. The molecule has 0 aliphatic rings. The lowest BCUT2D eigenvalue weighted by Gasteiger charge is -2.03. The summed E-state index contributed by atoms with van der Waals surface area (Å²) in [5.41, 5.74) is 1.07. The Morgan fingerprint density at radius 2 is 2.38 bits per heavy atom. The molecule has 66 valence electrons. The molecule has 2 heterocycles. The summed E-state index contributed by atoms with van der Waals surface area (Å²) in [5, 5.41) is 7.27. The van der Waals surface area contributed by atoms with Crippen LogP contribution in [0, 0.1) is 3.57 Å². The Hall–Kier alpha value is -0.690. The fraction of sp³-hybridized carbons (Fsp3) is 0. The monoisotopic (exact) mass is 303 g/mol. The molecule has 2 aromatic rings. The van der Waals surface area contributed by atoms with Crippen LogP contribution in [-0.2, 0) is 0 Å². The minimum Gasteiger partial charge on any atom is -0.339 e. The lowest BCUT2D eigenvalue weighted by atomic mass is 10.5. The summed E-state index contributed by atoms with van der Waals surface area (Å²) in [5.74, 6) is 0.856. The molecule has 2 rings (SSSR count). The third-order valence-electron chi connectivity index (χ3n) is 1.45. The topological polar surface area (TPSA) is 37.8 Å². The van der Waals surface area contributed by atoms with Gasteiger partial charge in [-0.2, -0.15) is 11.3 Å². The van der Waals surface area contributed by atoms with Crippen molar-refractivity contribution in [2.45, 2.75) is 0 Å². The molecular formula is C8H6IN3S. The standard InChI is InChI=1S/C8H6IN3S/c9-7-3-10-5-11-8(7)12-6-1-2-13-4-6/h1-5H,(H,10,11,12). The highest BCUT2D eigenvalue weighted by atomic mass is 127. The highest BCUT2D eigenvalue weighted by Gasteiger charge is 2.00. The van der Waals surface area contributed by atoms with Crippen LogP contribution in [0.1, 0.15) is 0 Å². The number of nitrogens with zero attached hydrogens (tertiary/aromatic N) is 2. The van der Waals surface area contributed by atoms with Gasteiger partial charge < -0.3 is 5.32 Å². The molecule has 0 saturated carbocycles. The summed E-state index contributed by atoms with van der Waals surface area (Å²) < 4.78 is 1.02. The first kappa shape index (κ1) is 8.89. The first-order valence-corrected chi connectivity index (χ1v) is 5.63. The molecule has 0 saturated heterocycles. The van der Waals surface area contributed by atoms with Gasteiger partial charge in [0.1, 0.15) is 12.1 Å². The zero-order valence-electron chi connectivity index (χ0n) is 6.57. The summed E-state index contributed by atoms with van der Waals surface area (Å²) in [6, 6.07) is 2.02. The number of thiophene rings is 1. The van der Waals surface area contributed by atoms with Crippen molar-refractivity contribution in [2.24, 2.45) is 0 Å². The molecule has 0 aromatic carbocycles. The lowest BCUT2D eigenvalue weighted by Crippen LogP contribution is -1.95. The summed E-state index contributed by atoms with van der Waals surface area (Å²) in [6.45, 7) is 0. The molecule has 0 atom stereocenters. The first-order valence-electron chi connectivity index (χ1n) is 3.61. The van der Waals surface area contributed by atoms with Crippen LogP contribution in [-0.4, -0.2) is 9.97 Å². The minimum atomic E-state index is 0.856. The van der Waals surface area contributed by atoms with Crippen LogP contribution in [0.5, 0.6) is 0 Å². The predicted molar refractivity (Wildman–Crippen MR) is 62.4 cm³/mol. The van der Waals surface area contributed by atoms with Gasteiger partial charge in [0.05, 0.1) is 9.26 Å². The van der Waals surface area contributed by atoms with Gasteiger partial charge in [0, 0.05) is 11.6 Å². The van der Waals surface area contributed by atoms with Crippen LogP contribution in [0.2, 0.25) is 0 Å². The molecule has 13 heavy (non-hydrogen) atoms. The van der Waals surface area contributed by atoms with E-state index in [1.807, 2.05) is 16.8 Å². The van der Waals surface area contributed by atoms with Gasteiger partial charge in [-0.25, -0.2) is 9.97 Å². The maximum absolute atomic E-state index is 4.13. The van der Waals surface area contributed by atoms with Crippen LogP contribution < -0.4 is 5.32 Å². The third kappa shape index (κ3) is 2.16. The van der Waals surface area contributed by atoms with Crippen molar-refractivity contribution in [2.75, 3.05) is 5.32 Å². The highest BCUT2D eigenvalue weighted by molar-refractivity contribution is 14.1. The number of halogens is 1. The van der Waals surface area contributed by atoms with Crippen LogP contribution in [0.15, 0.2) is 29.4 Å². The normalized spacial score (nSPS) is 9.92. The third-order valence-corrected chi connectivity index (χ3v) is 2.92. The quantitative estimate of drug-likeness (QED) is 0.867. The van der Waals surface area contributed by atoms with Gasteiger partial charge in [0.25, 0.3) is 0 Å². The Morgan fingerprint density at radius 1 is 1.46 bits per heavy atom. The number of nitrogens with one attached hydrogen (secondary N) is 1. The van der Waals surface area contributed by atoms with Crippen molar-refractivity contribution in [1.29, 1.82) is 0 Å². The Morgan fingerprint density at radius 3 is 3.08 bits per heavy atom. The van der Waals surface area contributed by atoms with Crippen molar-refractivity contribution >= 4 is 45.4 Å². The van der Waals surface area contributed by atoms with E-state index in [2.05, 4.69) is 37.9 Å². The van der Waals surface area contributed by atoms with Gasteiger partial charge >= 0.3 is 0 Å². The maximum Gasteiger partial charge on any atom is 0.147 e. The average Bonchev–Trinajstić information content (AvgIpc) is 2.61. The molecule has 0 aliphatic carbocycles. The van der Waals surface area contributed by atoms with Gasteiger partial charge in [0.2, 0.25) is 0 Å². The van der Waals surface area contributed by atoms with Crippen molar-refractivity contribution in [1.82, 2.24) is 9.97 Å². The van der Waals surface area contributed by atoms with Crippen LogP contribution in [0.4, 0.5) is 11.5 Å². The molecule has 0 radical (unpaired) electrons. The van der Waals surface area contributed by atoms with E-state index in [9.17, 15) is 0 Å². The summed E-state index contributed by atoms with van der Waals surface area (Å²) in [6.07, 6.45) is 3.32. The van der Waals surface area contributed by atoms with Crippen molar-refractivity contribution in [3.05, 3.63) is 32.9 Å². The summed E-state index contributed by atoms with van der Waals surface area (Å²) in [4.78, 5) is 8.05. The van der Waals surface area contributed by atoms with Crippen molar-refractivity contribution < 1.29 is 0 Å². The molecule has 0 spiro atoms. The van der Waals surface area contributed by atoms with E-state index < -0.39 is 0 Å². The molecular weight excluding hydrogens is 297 g/mol. The second kappa shape index (κ2) is 4.01. The Kier molecular flexibility index (Phi) is 2.74. The number of hydrogen-bond acceptors (Lipinski definition) is 4. The van der Waals surface area contributed by atoms with Gasteiger partial charge in [-0.15, -0.1) is 0 Å². The van der Waals surface area contributed by atoms with Crippen molar-refractivity contribution in [3.8, 4) is 0 Å². The van der Waals surface area contributed by atoms with E-state index in [-0.39, 0.29) is 0 Å². The number of anilines is 2. The summed E-state index contributed by atoms with van der Waals surface area (Å²) >= 11 is 3.86. The Labute approximate surface area is 93.4 Å². The van der Waals surface area contributed by atoms with E-state index in [0.29, 0.717) is 0 Å². The van der Waals surface area contributed by atoms with E-state index in [0.717, 1.165) is 15.1 Å². The van der Waals surface area contributed by atoms with Crippen molar-refractivity contribution in [3.63, 3.8) is 0 Å². The highest BCUT2D eigenvalue weighted by Crippen LogP contribution is 2.20. The van der Waals surface area contributed by atoms with Crippen LogP contribution >= 0.6 is 33.9 Å². The molecule has 2 aromatic heterocycles. The molecule has 1 N–H and O–H groups in total. The van der Waals surface area contributed by atoms with E-state index in [4.69, 9.17) is 0 Å². The summed E-state index contributed by atoms with van der Waals surface area (Å²) in [7, 11) is 0. The zero-order chi connectivity index (χ0) is 9.10. The van der Waals surface area contributed by atoms with Gasteiger partial charge in [-0.3, -0.25) is 0 Å². The smallest absolute Gasteiger partial charge is 0.147 e. The second-order valence-electron chi connectivity index (χ2n) is 2.36. The lowest BCUT2D eigenvalue weighted by molar-refractivity contribution is 1.15. The molecule has 5 heteroatoms. The maximum atomic E-state index is 4.13. The largest absolute Gasteiger partial charge is 0.339 e. The van der Waals surface area contributed by atoms with Crippen LogP contribution in [0.25, 0.3) is 0 Å². The van der Waals surface area contributed by atoms with E-state index in [1.54, 1.807) is 17.5 Å². The van der Waals surface area contributed by atoms with Gasteiger partial charge in [-0.05, 0) is 34.0 Å². The first-order chi connectivity index (χ1) is 6.36. The van der Waals surface area contributed by atoms with Crippen LogP contribution in [0.3, 0.4) is 0 Å². The fourth-order valence-electron chi connectivity index (χ4n) is 0.877. The molecule has 0 aliphatic heterocycles. The van der Waals surface area contributed by atoms with Gasteiger partial charge in [0.15, 0.2) is 0 Å². The molecule has 0 amide bonds. The molecule has 0 fully saturated rings. The van der Waals surface area contributed by atoms with Gasteiger partial charge in [-0.1, -0.05) is 0 Å².